The molecule has 1 rings (SSSR count). The molecule has 0 bridgehead atoms. The number of aliphatic hydroxyl groups excluding tert-OH is 3. The Balaban J connectivity index is 2.93. The summed E-state index contributed by atoms with van der Waals surface area (Å²) in [7, 11) is 0. The predicted molar refractivity (Wildman–Crippen MR) is 56.6 cm³/mol. The van der Waals surface area contributed by atoms with Gasteiger partial charge in [0.25, 0.3) is 0 Å². The SMILES string of the molecule is O=C(O)c1cncc(NC(CO)(CO)CO)n1. The van der Waals surface area contributed by atoms with E-state index in [1.165, 1.54) is 6.20 Å². The zero-order valence-electron chi connectivity index (χ0n) is 8.87. The first kappa shape index (κ1) is 13.3. The van der Waals surface area contributed by atoms with Gasteiger partial charge in [-0.15, -0.1) is 0 Å². The molecule has 0 aliphatic rings. The van der Waals surface area contributed by atoms with E-state index < -0.39 is 31.3 Å². The van der Waals surface area contributed by atoms with E-state index in [4.69, 9.17) is 20.4 Å². The van der Waals surface area contributed by atoms with Crippen molar-refractivity contribution in [3.63, 3.8) is 0 Å². The lowest BCUT2D eigenvalue weighted by molar-refractivity contribution is 0.0690. The van der Waals surface area contributed by atoms with E-state index in [1.807, 2.05) is 0 Å². The minimum absolute atomic E-state index is 0.0436. The number of anilines is 1. The molecule has 1 heterocycles. The fourth-order valence-corrected chi connectivity index (χ4v) is 1.07. The van der Waals surface area contributed by atoms with Gasteiger partial charge in [-0.25, -0.2) is 9.78 Å². The molecule has 1 aromatic heterocycles. The summed E-state index contributed by atoms with van der Waals surface area (Å²) in [5.74, 6) is -1.20. The second-order valence-corrected chi connectivity index (χ2v) is 3.47. The van der Waals surface area contributed by atoms with Gasteiger partial charge >= 0.3 is 5.97 Å². The van der Waals surface area contributed by atoms with Crippen LogP contribution in [0.1, 0.15) is 10.5 Å². The topological polar surface area (TPSA) is 136 Å². The van der Waals surface area contributed by atoms with Crippen LogP contribution in [0.2, 0.25) is 0 Å². The second kappa shape index (κ2) is 5.53. The highest BCUT2D eigenvalue weighted by Crippen LogP contribution is 2.12. The summed E-state index contributed by atoms with van der Waals surface area (Å²) < 4.78 is 0. The number of carboxylic acids is 1. The average Bonchev–Trinajstić information content (AvgIpc) is 2.36. The molecule has 8 nitrogen and oxygen atoms in total. The van der Waals surface area contributed by atoms with Crippen molar-refractivity contribution in [1.29, 1.82) is 0 Å². The number of aromatic carboxylic acids is 1. The molecule has 0 saturated heterocycles. The summed E-state index contributed by atoms with van der Waals surface area (Å²) in [5.41, 5.74) is -1.65. The van der Waals surface area contributed by atoms with Crippen LogP contribution in [0.3, 0.4) is 0 Å². The molecule has 0 spiro atoms. The Morgan fingerprint density at radius 3 is 2.29 bits per heavy atom. The van der Waals surface area contributed by atoms with Crippen molar-refractivity contribution >= 4 is 11.8 Å². The Morgan fingerprint density at radius 1 is 1.24 bits per heavy atom. The molecule has 0 saturated carbocycles. The maximum atomic E-state index is 10.6. The number of carbonyl (C=O) groups is 1. The maximum Gasteiger partial charge on any atom is 0.356 e. The lowest BCUT2D eigenvalue weighted by Gasteiger charge is -2.29. The summed E-state index contributed by atoms with van der Waals surface area (Å²) in [6.07, 6.45) is 2.29. The summed E-state index contributed by atoms with van der Waals surface area (Å²) in [6.45, 7) is -1.63. The number of aliphatic hydroxyl groups is 3. The summed E-state index contributed by atoms with van der Waals surface area (Å²) in [6, 6.07) is 0. The highest BCUT2D eigenvalue weighted by Gasteiger charge is 2.28. The normalized spacial score (nSPS) is 11.2. The molecule has 5 N–H and O–H groups in total. The lowest BCUT2D eigenvalue weighted by Crippen LogP contribution is -2.49. The zero-order valence-corrected chi connectivity index (χ0v) is 8.87. The van der Waals surface area contributed by atoms with E-state index >= 15 is 0 Å². The van der Waals surface area contributed by atoms with Gasteiger partial charge in [0.1, 0.15) is 11.4 Å². The molecule has 1 aromatic rings. The third-order valence-electron chi connectivity index (χ3n) is 2.15. The van der Waals surface area contributed by atoms with Crippen LogP contribution in [0.5, 0.6) is 0 Å². The Hall–Kier alpha value is -1.77. The van der Waals surface area contributed by atoms with Crippen molar-refractivity contribution in [2.24, 2.45) is 0 Å². The third kappa shape index (κ3) is 3.09. The predicted octanol–water partition coefficient (Wildman–Crippen LogP) is -1.70. The van der Waals surface area contributed by atoms with Crippen LogP contribution >= 0.6 is 0 Å². The Kier molecular flexibility index (Phi) is 4.32. The molecule has 0 fully saturated rings. The first-order valence-electron chi connectivity index (χ1n) is 4.73. The number of nitrogens with zero attached hydrogens (tertiary/aromatic N) is 2. The van der Waals surface area contributed by atoms with Gasteiger partial charge in [0, 0.05) is 0 Å². The van der Waals surface area contributed by atoms with Crippen LogP contribution < -0.4 is 5.32 Å². The fraction of sp³-hybridized carbons (Fsp3) is 0.444. The highest BCUT2D eigenvalue weighted by atomic mass is 16.4. The van der Waals surface area contributed by atoms with Crippen molar-refractivity contribution < 1.29 is 25.2 Å². The quantitative estimate of drug-likeness (QED) is 0.399. The number of hydrogen-bond donors (Lipinski definition) is 5. The van der Waals surface area contributed by atoms with E-state index in [9.17, 15) is 4.79 Å². The Morgan fingerprint density at radius 2 is 1.82 bits per heavy atom. The van der Waals surface area contributed by atoms with Crippen molar-refractivity contribution in [2.45, 2.75) is 5.54 Å². The van der Waals surface area contributed by atoms with Crippen LogP contribution in [0, 0.1) is 0 Å². The minimum atomic E-state index is -1.37. The first-order valence-corrected chi connectivity index (χ1v) is 4.73. The molecule has 0 atom stereocenters. The molecular weight excluding hydrogens is 230 g/mol. The highest BCUT2D eigenvalue weighted by molar-refractivity contribution is 5.85. The van der Waals surface area contributed by atoms with Gasteiger partial charge in [0.05, 0.1) is 32.2 Å². The molecule has 8 heteroatoms. The van der Waals surface area contributed by atoms with Gasteiger partial charge in [-0.2, -0.15) is 0 Å². The second-order valence-electron chi connectivity index (χ2n) is 3.47. The number of aromatic nitrogens is 2. The number of nitrogens with one attached hydrogen (secondary N) is 1. The minimum Gasteiger partial charge on any atom is -0.476 e. The number of carboxylic acid groups (broad SMARTS) is 1. The molecular formula is C9H13N3O5. The smallest absolute Gasteiger partial charge is 0.356 e. The molecule has 0 unspecified atom stereocenters. The summed E-state index contributed by atoms with van der Waals surface area (Å²) in [4.78, 5) is 18.0. The van der Waals surface area contributed by atoms with E-state index in [0.29, 0.717) is 0 Å². The van der Waals surface area contributed by atoms with E-state index in [0.717, 1.165) is 6.20 Å². The van der Waals surface area contributed by atoms with Gasteiger partial charge in [-0.3, -0.25) is 4.98 Å². The van der Waals surface area contributed by atoms with E-state index in [2.05, 4.69) is 15.3 Å². The van der Waals surface area contributed by atoms with Crippen molar-refractivity contribution in [1.82, 2.24) is 9.97 Å². The summed E-state index contributed by atoms with van der Waals surface area (Å²) >= 11 is 0. The van der Waals surface area contributed by atoms with E-state index in [1.54, 1.807) is 0 Å². The largest absolute Gasteiger partial charge is 0.476 e. The van der Waals surface area contributed by atoms with Gasteiger partial charge in [-0.1, -0.05) is 0 Å². The molecule has 0 radical (unpaired) electrons. The lowest BCUT2D eigenvalue weighted by atomic mass is 10.0. The fourth-order valence-electron chi connectivity index (χ4n) is 1.07. The molecule has 17 heavy (non-hydrogen) atoms. The van der Waals surface area contributed by atoms with E-state index in [-0.39, 0.29) is 11.5 Å². The standard InChI is InChI=1S/C9H13N3O5/c13-3-9(4-14,5-15)12-7-2-10-1-6(11-7)8(16)17/h1-2,13-15H,3-5H2,(H,11,12)(H,16,17). The number of rotatable bonds is 6. The van der Waals surface area contributed by atoms with Crippen LogP contribution in [0.15, 0.2) is 12.4 Å². The average molecular weight is 243 g/mol. The number of hydrogen-bond acceptors (Lipinski definition) is 7. The molecule has 0 aliphatic carbocycles. The van der Waals surface area contributed by atoms with Crippen molar-refractivity contribution in [2.75, 3.05) is 25.1 Å². The monoisotopic (exact) mass is 243 g/mol. The van der Waals surface area contributed by atoms with Crippen LogP contribution in [-0.4, -0.2) is 61.7 Å². The molecule has 0 amide bonds. The molecule has 0 aliphatic heterocycles. The van der Waals surface area contributed by atoms with Gasteiger partial charge in [-0.05, 0) is 0 Å². The van der Waals surface area contributed by atoms with Crippen molar-refractivity contribution in [3.05, 3.63) is 18.1 Å². The molecule has 0 aromatic carbocycles. The third-order valence-corrected chi connectivity index (χ3v) is 2.15. The first-order chi connectivity index (χ1) is 8.06. The van der Waals surface area contributed by atoms with Crippen LogP contribution in [0.4, 0.5) is 5.82 Å². The van der Waals surface area contributed by atoms with Crippen molar-refractivity contribution in [3.8, 4) is 0 Å². The van der Waals surface area contributed by atoms with Gasteiger partial charge < -0.3 is 25.7 Å². The summed E-state index contributed by atoms with van der Waals surface area (Å²) in [5, 5.41) is 38.5. The van der Waals surface area contributed by atoms with Crippen LogP contribution in [0.25, 0.3) is 0 Å². The molecule has 94 valence electrons. The maximum absolute atomic E-state index is 10.6. The van der Waals surface area contributed by atoms with Crippen LogP contribution in [-0.2, 0) is 0 Å². The Bertz CT molecular complexity index is 386. The van der Waals surface area contributed by atoms with Gasteiger partial charge in [0.2, 0.25) is 0 Å². The zero-order chi connectivity index (χ0) is 12.9. The Labute approximate surface area is 96.6 Å². The van der Waals surface area contributed by atoms with Gasteiger partial charge in [0.15, 0.2) is 5.69 Å².